The fraction of sp³-hybridized carbons (Fsp3) is 0.923. The lowest BCUT2D eigenvalue weighted by Gasteiger charge is -2.18. The lowest BCUT2D eigenvalue weighted by atomic mass is 10.00. The molecule has 3 atom stereocenters. The minimum Gasteiger partial charge on any atom is -0.393 e. The summed E-state index contributed by atoms with van der Waals surface area (Å²) >= 11 is 0. The number of nitrogens with zero attached hydrogens (tertiary/aromatic N) is 1. The molecular weight excluding hydrogens is 202 g/mol. The van der Waals surface area contributed by atoms with Crippen molar-refractivity contribution in [3.05, 3.63) is 0 Å². The highest BCUT2D eigenvalue weighted by molar-refractivity contribution is 5.76. The lowest BCUT2D eigenvalue weighted by Crippen LogP contribution is -2.31. The molecule has 3 unspecified atom stereocenters. The van der Waals surface area contributed by atoms with Gasteiger partial charge in [0.15, 0.2) is 0 Å². The Morgan fingerprint density at radius 3 is 2.75 bits per heavy atom. The molecule has 1 aliphatic heterocycles. The fourth-order valence-corrected chi connectivity index (χ4v) is 3.01. The van der Waals surface area contributed by atoms with Crippen LogP contribution in [-0.2, 0) is 4.79 Å². The number of hydrogen-bond donors (Lipinski definition) is 1. The second-order valence-electron chi connectivity index (χ2n) is 5.80. The largest absolute Gasteiger partial charge is 0.393 e. The smallest absolute Gasteiger partial charge is 0.222 e. The van der Waals surface area contributed by atoms with E-state index in [4.69, 9.17) is 0 Å². The van der Waals surface area contributed by atoms with Gasteiger partial charge in [0.25, 0.3) is 0 Å². The number of hydrogen-bond acceptors (Lipinski definition) is 2. The molecule has 2 rings (SSSR count). The van der Waals surface area contributed by atoms with Gasteiger partial charge in [-0.05, 0) is 31.1 Å². The second kappa shape index (κ2) is 4.74. The minimum absolute atomic E-state index is 0.159. The predicted octanol–water partition coefficient (Wildman–Crippen LogP) is 1.65. The van der Waals surface area contributed by atoms with E-state index in [0.29, 0.717) is 24.2 Å². The highest BCUT2D eigenvalue weighted by atomic mass is 16.3. The van der Waals surface area contributed by atoms with Gasteiger partial charge in [0.05, 0.1) is 6.10 Å². The van der Waals surface area contributed by atoms with Crippen molar-refractivity contribution in [2.75, 3.05) is 13.1 Å². The average molecular weight is 225 g/mol. The molecule has 1 N–H and O–H groups in total. The molecule has 16 heavy (non-hydrogen) atoms. The zero-order valence-corrected chi connectivity index (χ0v) is 10.4. The van der Waals surface area contributed by atoms with E-state index >= 15 is 0 Å². The van der Waals surface area contributed by atoms with Gasteiger partial charge in [-0.25, -0.2) is 0 Å². The van der Waals surface area contributed by atoms with Crippen LogP contribution >= 0.6 is 0 Å². The van der Waals surface area contributed by atoms with Gasteiger partial charge >= 0.3 is 0 Å². The van der Waals surface area contributed by atoms with Crippen molar-refractivity contribution in [1.29, 1.82) is 0 Å². The van der Waals surface area contributed by atoms with E-state index in [0.717, 1.165) is 32.4 Å². The Balaban J connectivity index is 1.82. The maximum Gasteiger partial charge on any atom is 0.222 e. The van der Waals surface area contributed by atoms with Crippen LogP contribution in [0.15, 0.2) is 0 Å². The first kappa shape index (κ1) is 11.9. The molecule has 3 nitrogen and oxygen atoms in total. The van der Waals surface area contributed by atoms with Crippen molar-refractivity contribution >= 4 is 5.91 Å². The second-order valence-corrected chi connectivity index (χ2v) is 5.80. The van der Waals surface area contributed by atoms with Gasteiger partial charge < -0.3 is 10.0 Å². The molecule has 1 saturated carbocycles. The topological polar surface area (TPSA) is 40.5 Å². The van der Waals surface area contributed by atoms with E-state index in [1.54, 1.807) is 0 Å². The number of carbonyl (C=O) groups is 1. The first-order chi connectivity index (χ1) is 7.58. The quantitative estimate of drug-likeness (QED) is 0.793. The molecule has 3 heteroatoms. The molecule has 2 fully saturated rings. The third-order valence-corrected chi connectivity index (χ3v) is 4.11. The van der Waals surface area contributed by atoms with Crippen LogP contribution in [0, 0.1) is 17.8 Å². The van der Waals surface area contributed by atoms with Crippen molar-refractivity contribution in [3.63, 3.8) is 0 Å². The van der Waals surface area contributed by atoms with Crippen LogP contribution < -0.4 is 0 Å². The molecule has 2 aliphatic rings. The average Bonchev–Trinajstić information content (AvgIpc) is 2.78. The summed E-state index contributed by atoms with van der Waals surface area (Å²) in [5.41, 5.74) is 0. The zero-order valence-electron chi connectivity index (χ0n) is 10.4. The standard InChI is InChI=1S/C13H23NO2/c1-9(2)3-6-13(16)14-7-10-4-5-12(15)11(10)8-14/h9-12,15H,3-8H2,1-2H3. The van der Waals surface area contributed by atoms with Crippen molar-refractivity contribution in [2.45, 2.75) is 45.6 Å². The summed E-state index contributed by atoms with van der Waals surface area (Å²) in [6.45, 7) is 5.98. The minimum atomic E-state index is -0.159. The van der Waals surface area contributed by atoms with Gasteiger partial charge in [-0.3, -0.25) is 4.79 Å². The molecule has 1 amide bonds. The van der Waals surface area contributed by atoms with Gasteiger partial charge in [-0.2, -0.15) is 0 Å². The number of carbonyl (C=O) groups excluding carboxylic acids is 1. The number of aliphatic hydroxyl groups is 1. The van der Waals surface area contributed by atoms with Crippen LogP contribution in [0.4, 0.5) is 0 Å². The number of fused-ring (bicyclic) bond motifs is 1. The monoisotopic (exact) mass is 225 g/mol. The van der Waals surface area contributed by atoms with Crippen molar-refractivity contribution < 1.29 is 9.90 Å². The zero-order chi connectivity index (χ0) is 11.7. The third kappa shape index (κ3) is 2.40. The Morgan fingerprint density at radius 1 is 1.38 bits per heavy atom. The normalized spacial score (nSPS) is 33.5. The predicted molar refractivity (Wildman–Crippen MR) is 62.9 cm³/mol. The fourth-order valence-electron chi connectivity index (χ4n) is 3.01. The Kier molecular flexibility index (Phi) is 3.53. The van der Waals surface area contributed by atoms with E-state index in [9.17, 15) is 9.90 Å². The molecule has 0 radical (unpaired) electrons. The van der Waals surface area contributed by atoms with Crippen molar-refractivity contribution in [2.24, 2.45) is 17.8 Å². The SMILES string of the molecule is CC(C)CCC(=O)N1CC2CCC(O)C2C1. The summed E-state index contributed by atoms with van der Waals surface area (Å²) < 4.78 is 0. The Hall–Kier alpha value is -0.570. The van der Waals surface area contributed by atoms with E-state index in [-0.39, 0.29) is 12.0 Å². The van der Waals surface area contributed by atoms with Crippen LogP contribution in [0.3, 0.4) is 0 Å². The molecule has 92 valence electrons. The molecule has 1 heterocycles. The van der Waals surface area contributed by atoms with Gasteiger partial charge in [-0.1, -0.05) is 13.8 Å². The van der Waals surface area contributed by atoms with Crippen LogP contribution in [0.1, 0.15) is 39.5 Å². The Bertz CT molecular complexity index is 265. The highest BCUT2D eigenvalue weighted by Crippen LogP contribution is 2.38. The van der Waals surface area contributed by atoms with Gasteiger partial charge in [0.2, 0.25) is 5.91 Å². The lowest BCUT2D eigenvalue weighted by molar-refractivity contribution is -0.130. The number of likely N-dealkylation sites (tertiary alicyclic amines) is 1. The first-order valence-electron chi connectivity index (χ1n) is 6.53. The van der Waals surface area contributed by atoms with Crippen LogP contribution in [-0.4, -0.2) is 35.1 Å². The van der Waals surface area contributed by atoms with E-state index in [1.807, 2.05) is 4.90 Å². The van der Waals surface area contributed by atoms with Gasteiger partial charge in [-0.15, -0.1) is 0 Å². The van der Waals surface area contributed by atoms with Gasteiger partial charge in [0.1, 0.15) is 0 Å². The first-order valence-corrected chi connectivity index (χ1v) is 6.53. The number of rotatable bonds is 3. The van der Waals surface area contributed by atoms with Crippen molar-refractivity contribution in [1.82, 2.24) is 4.90 Å². The molecule has 0 aromatic heterocycles. The molecule has 0 aromatic rings. The number of aliphatic hydroxyl groups excluding tert-OH is 1. The molecule has 0 bridgehead atoms. The Morgan fingerprint density at radius 2 is 2.12 bits per heavy atom. The summed E-state index contributed by atoms with van der Waals surface area (Å²) in [5.74, 6) is 1.81. The molecule has 0 aromatic carbocycles. The highest BCUT2D eigenvalue weighted by Gasteiger charge is 2.42. The summed E-state index contributed by atoms with van der Waals surface area (Å²) in [5, 5.41) is 9.78. The Labute approximate surface area is 97.8 Å². The summed E-state index contributed by atoms with van der Waals surface area (Å²) in [6.07, 6.45) is 3.52. The molecule has 0 spiro atoms. The summed E-state index contributed by atoms with van der Waals surface area (Å²) in [6, 6.07) is 0. The van der Waals surface area contributed by atoms with Crippen LogP contribution in [0.25, 0.3) is 0 Å². The molecule has 1 saturated heterocycles. The van der Waals surface area contributed by atoms with E-state index in [2.05, 4.69) is 13.8 Å². The summed E-state index contributed by atoms with van der Waals surface area (Å²) in [7, 11) is 0. The third-order valence-electron chi connectivity index (χ3n) is 4.11. The van der Waals surface area contributed by atoms with Crippen LogP contribution in [0.5, 0.6) is 0 Å². The maximum atomic E-state index is 11.9. The van der Waals surface area contributed by atoms with Crippen molar-refractivity contribution in [3.8, 4) is 0 Å². The molecular formula is C13H23NO2. The van der Waals surface area contributed by atoms with E-state index in [1.165, 1.54) is 0 Å². The van der Waals surface area contributed by atoms with Crippen LogP contribution in [0.2, 0.25) is 0 Å². The number of amides is 1. The van der Waals surface area contributed by atoms with E-state index < -0.39 is 0 Å². The van der Waals surface area contributed by atoms with Gasteiger partial charge in [0, 0.05) is 25.4 Å². The summed E-state index contributed by atoms with van der Waals surface area (Å²) in [4.78, 5) is 13.9. The maximum absolute atomic E-state index is 11.9. The molecule has 1 aliphatic carbocycles.